The molecule has 0 aromatic heterocycles. The molecule has 0 saturated carbocycles. The first kappa shape index (κ1) is 18.9. The number of amides is 1. The molecule has 0 aliphatic carbocycles. The summed E-state index contributed by atoms with van der Waals surface area (Å²) in [7, 11) is -3.98. The summed E-state index contributed by atoms with van der Waals surface area (Å²) < 4.78 is 65.2. The van der Waals surface area contributed by atoms with Crippen molar-refractivity contribution in [2.24, 2.45) is 5.73 Å². The number of carbonyl (C=O) groups is 1. The summed E-state index contributed by atoms with van der Waals surface area (Å²) in [5, 5.41) is 0. The van der Waals surface area contributed by atoms with Gasteiger partial charge < -0.3 is 5.73 Å². The molecule has 2 rings (SSSR count). The summed E-state index contributed by atoms with van der Waals surface area (Å²) >= 11 is 0. The van der Waals surface area contributed by atoms with Crippen molar-refractivity contribution in [3.05, 3.63) is 65.2 Å². The summed E-state index contributed by atoms with van der Waals surface area (Å²) in [6.45, 7) is 1.44. The van der Waals surface area contributed by atoms with Crippen LogP contribution in [0.4, 0.5) is 13.2 Å². The van der Waals surface area contributed by atoms with Crippen molar-refractivity contribution >= 4 is 15.9 Å². The maximum Gasteiger partial charge on any atom is 0.416 e. The van der Waals surface area contributed by atoms with E-state index >= 15 is 0 Å². The van der Waals surface area contributed by atoms with E-state index in [1.165, 1.54) is 43.3 Å². The van der Waals surface area contributed by atoms with Crippen molar-refractivity contribution in [2.75, 3.05) is 0 Å². The van der Waals surface area contributed by atoms with Crippen molar-refractivity contribution in [1.29, 1.82) is 0 Å². The summed E-state index contributed by atoms with van der Waals surface area (Å²) in [4.78, 5) is 10.9. The molecule has 2 aromatic rings. The third-order valence-corrected chi connectivity index (χ3v) is 5.05. The molecule has 1 unspecified atom stereocenters. The molecule has 0 aliphatic rings. The molecule has 25 heavy (non-hydrogen) atoms. The number of nitrogens with one attached hydrogen (secondary N) is 1. The topological polar surface area (TPSA) is 89.3 Å². The molecule has 2 aromatic carbocycles. The summed E-state index contributed by atoms with van der Waals surface area (Å²) in [5.41, 5.74) is 4.54. The first-order valence-corrected chi connectivity index (χ1v) is 8.58. The minimum atomic E-state index is -4.51. The maximum atomic E-state index is 12.8. The Morgan fingerprint density at radius 1 is 1.12 bits per heavy atom. The van der Waals surface area contributed by atoms with E-state index in [1.54, 1.807) is 0 Å². The molecule has 3 N–H and O–H groups in total. The highest BCUT2D eigenvalue weighted by Crippen LogP contribution is 2.31. The zero-order valence-electron chi connectivity index (χ0n) is 13.0. The SMILES string of the molecule is CC(NS(=O)(=O)c1ccc(C(N)=O)cc1)c1cccc(C(F)(F)F)c1. The van der Waals surface area contributed by atoms with Crippen LogP contribution in [0.25, 0.3) is 0 Å². The largest absolute Gasteiger partial charge is 0.416 e. The molecule has 0 fully saturated rings. The van der Waals surface area contributed by atoms with E-state index in [0.717, 1.165) is 12.1 Å². The van der Waals surface area contributed by atoms with Crippen LogP contribution in [0.5, 0.6) is 0 Å². The van der Waals surface area contributed by atoms with Gasteiger partial charge in [-0.25, -0.2) is 13.1 Å². The summed E-state index contributed by atoms with van der Waals surface area (Å²) in [6, 6.07) is 8.43. The zero-order valence-corrected chi connectivity index (χ0v) is 13.9. The van der Waals surface area contributed by atoms with Gasteiger partial charge in [-0.1, -0.05) is 12.1 Å². The molecule has 0 saturated heterocycles. The Morgan fingerprint density at radius 3 is 2.24 bits per heavy atom. The second-order valence-corrected chi connectivity index (χ2v) is 7.07. The van der Waals surface area contributed by atoms with Crippen molar-refractivity contribution in [3.63, 3.8) is 0 Å². The molecular formula is C16H15F3N2O3S. The summed E-state index contributed by atoms with van der Waals surface area (Å²) in [5.74, 6) is -0.700. The van der Waals surface area contributed by atoms with Gasteiger partial charge in [-0.05, 0) is 48.9 Å². The van der Waals surface area contributed by atoms with Gasteiger partial charge in [0.1, 0.15) is 0 Å². The quantitative estimate of drug-likeness (QED) is 0.846. The molecule has 0 spiro atoms. The molecule has 1 atom stereocenters. The predicted octanol–water partition coefficient (Wildman–Crippen LogP) is 2.84. The number of rotatable bonds is 5. The fourth-order valence-electron chi connectivity index (χ4n) is 2.15. The number of nitrogens with two attached hydrogens (primary N) is 1. The van der Waals surface area contributed by atoms with E-state index in [2.05, 4.69) is 4.72 Å². The van der Waals surface area contributed by atoms with Crippen molar-refractivity contribution in [2.45, 2.75) is 24.0 Å². The normalized spacial score (nSPS) is 13.4. The van der Waals surface area contributed by atoms with Crippen LogP contribution in [0.3, 0.4) is 0 Å². The lowest BCUT2D eigenvalue weighted by Crippen LogP contribution is -2.27. The number of halogens is 3. The molecule has 134 valence electrons. The number of alkyl halides is 3. The van der Waals surface area contributed by atoms with Crippen LogP contribution in [0.1, 0.15) is 34.5 Å². The second-order valence-electron chi connectivity index (χ2n) is 5.35. The average molecular weight is 372 g/mol. The Morgan fingerprint density at radius 2 is 1.72 bits per heavy atom. The van der Waals surface area contributed by atoms with E-state index in [4.69, 9.17) is 5.73 Å². The van der Waals surface area contributed by atoms with Gasteiger partial charge in [-0.2, -0.15) is 13.2 Å². The number of primary amides is 1. The first-order valence-electron chi connectivity index (χ1n) is 7.10. The Hall–Kier alpha value is -2.39. The fourth-order valence-corrected chi connectivity index (χ4v) is 3.38. The second kappa shape index (κ2) is 6.85. The van der Waals surface area contributed by atoms with Gasteiger partial charge in [0, 0.05) is 11.6 Å². The Kier molecular flexibility index (Phi) is 5.19. The van der Waals surface area contributed by atoms with Crippen molar-refractivity contribution in [3.8, 4) is 0 Å². The summed E-state index contributed by atoms with van der Waals surface area (Å²) in [6.07, 6.45) is -4.51. The number of carbonyl (C=O) groups excluding carboxylic acids is 1. The van der Waals surface area contributed by atoms with Gasteiger partial charge >= 0.3 is 6.18 Å². The van der Waals surface area contributed by atoms with Crippen LogP contribution in [0.15, 0.2) is 53.4 Å². The molecule has 0 bridgehead atoms. The monoisotopic (exact) mass is 372 g/mol. The van der Waals surface area contributed by atoms with Crippen molar-refractivity contribution in [1.82, 2.24) is 4.72 Å². The third kappa shape index (κ3) is 4.58. The molecule has 9 heteroatoms. The van der Waals surface area contributed by atoms with Gasteiger partial charge in [0.25, 0.3) is 0 Å². The Bertz CT molecular complexity index is 878. The highest BCUT2D eigenvalue weighted by Gasteiger charge is 2.31. The lowest BCUT2D eigenvalue weighted by molar-refractivity contribution is -0.137. The number of hydrogen-bond donors (Lipinski definition) is 2. The zero-order chi connectivity index (χ0) is 18.8. The van der Waals surface area contributed by atoms with Crippen LogP contribution in [0, 0.1) is 0 Å². The maximum absolute atomic E-state index is 12.8. The van der Waals surface area contributed by atoms with E-state index in [-0.39, 0.29) is 16.0 Å². The number of benzene rings is 2. The van der Waals surface area contributed by atoms with Crippen LogP contribution in [0.2, 0.25) is 0 Å². The third-order valence-electron chi connectivity index (χ3n) is 3.50. The smallest absolute Gasteiger partial charge is 0.366 e. The van der Waals surface area contributed by atoms with E-state index < -0.39 is 33.7 Å². The molecule has 0 heterocycles. The molecule has 1 amide bonds. The Balaban J connectivity index is 2.24. The van der Waals surface area contributed by atoms with E-state index in [9.17, 15) is 26.4 Å². The highest BCUT2D eigenvalue weighted by atomic mass is 32.2. The standard InChI is InChI=1S/C16H15F3N2O3S/c1-10(12-3-2-4-13(9-12)16(17,18)19)21-25(23,24)14-7-5-11(6-8-14)15(20)22/h2-10,21H,1H3,(H2,20,22). The molecular weight excluding hydrogens is 357 g/mol. The number of hydrogen-bond acceptors (Lipinski definition) is 3. The van der Waals surface area contributed by atoms with Gasteiger partial charge in [-0.15, -0.1) is 0 Å². The van der Waals surface area contributed by atoms with Gasteiger partial charge in [0.15, 0.2) is 0 Å². The van der Waals surface area contributed by atoms with E-state index in [1.807, 2.05) is 0 Å². The highest BCUT2D eigenvalue weighted by molar-refractivity contribution is 7.89. The van der Waals surface area contributed by atoms with Gasteiger partial charge in [-0.3, -0.25) is 4.79 Å². The van der Waals surface area contributed by atoms with Crippen LogP contribution >= 0.6 is 0 Å². The average Bonchev–Trinajstić information content (AvgIpc) is 2.54. The van der Waals surface area contributed by atoms with Crippen LogP contribution in [-0.4, -0.2) is 14.3 Å². The van der Waals surface area contributed by atoms with Gasteiger partial charge in [0.2, 0.25) is 15.9 Å². The molecule has 5 nitrogen and oxygen atoms in total. The minimum absolute atomic E-state index is 0.128. The van der Waals surface area contributed by atoms with Crippen LogP contribution in [-0.2, 0) is 16.2 Å². The fraction of sp³-hybridized carbons (Fsp3) is 0.188. The molecule has 0 radical (unpaired) electrons. The number of sulfonamides is 1. The van der Waals surface area contributed by atoms with Crippen molar-refractivity contribution < 1.29 is 26.4 Å². The lowest BCUT2D eigenvalue weighted by atomic mass is 10.1. The minimum Gasteiger partial charge on any atom is -0.366 e. The first-order chi connectivity index (χ1) is 11.5. The van der Waals surface area contributed by atoms with Crippen LogP contribution < -0.4 is 10.5 Å². The lowest BCUT2D eigenvalue weighted by Gasteiger charge is -2.16. The Labute approximate surface area is 142 Å². The van der Waals surface area contributed by atoms with E-state index in [0.29, 0.717) is 0 Å². The van der Waals surface area contributed by atoms with Gasteiger partial charge in [0.05, 0.1) is 10.5 Å². The predicted molar refractivity (Wildman–Crippen MR) is 85.1 cm³/mol. The molecule has 0 aliphatic heterocycles.